The molecule has 1 heterocycles. The number of nitrogens with two attached hydrogens (primary N) is 1. The van der Waals surface area contributed by atoms with Crippen LogP contribution in [0, 0.1) is 17.2 Å². The van der Waals surface area contributed by atoms with Crippen molar-refractivity contribution >= 4 is 11.7 Å². The number of ketones is 1. The number of ether oxygens (including phenoxy) is 1. The Bertz CT molecular complexity index is 1430. The average molecular weight is 587 g/mol. The van der Waals surface area contributed by atoms with E-state index in [1.807, 2.05) is 40.1 Å². The van der Waals surface area contributed by atoms with E-state index in [1.54, 1.807) is 23.1 Å². The van der Waals surface area contributed by atoms with Crippen LogP contribution >= 0.6 is 0 Å². The van der Waals surface area contributed by atoms with Gasteiger partial charge < -0.3 is 25.3 Å². The van der Waals surface area contributed by atoms with Gasteiger partial charge in [0.1, 0.15) is 17.6 Å². The van der Waals surface area contributed by atoms with Gasteiger partial charge in [0.15, 0.2) is 5.78 Å². The lowest BCUT2D eigenvalue weighted by Gasteiger charge is -2.19. The number of amides is 1. The van der Waals surface area contributed by atoms with E-state index in [1.165, 1.54) is 0 Å². The molecule has 0 saturated carbocycles. The molecule has 9 nitrogen and oxygen atoms in total. The van der Waals surface area contributed by atoms with Gasteiger partial charge in [-0.2, -0.15) is 5.26 Å². The molecule has 0 radical (unpaired) electrons. The van der Waals surface area contributed by atoms with Gasteiger partial charge in [0.25, 0.3) is 0 Å². The molecule has 2 aromatic carbocycles. The summed E-state index contributed by atoms with van der Waals surface area (Å²) in [4.78, 5) is 32.5. The second kappa shape index (κ2) is 14.9. The lowest BCUT2D eigenvalue weighted by atomic mass is 9.91. The fraction of sp³-hybridized carbons (Fsp3) is 0.471. The van der Waals surface area contributed by atoms with Crippen LogP contribution in [0.25, 0.3) is 11.3 Å². The summed E-state index contributed by atoms with van der Waals surface area (Å²) in [5.41, 5.74) is 9.47. The number of imidazole rings is 1. The van der Waals surface area contributed by atoms with E-state index in [9.17, 15) is 14.9 Å². The van der Waals surface area contributed by atoms with Gasteiger partial charge >= 0.3 is 0 Å². The first kappa shape index (κ1) is 33.5. The zero-order valence-corrected chi connectivity index (χ0v) is 26.6. The summed E-state index contributed by atoms with van der Waals surface area (Å²) < 4.78 is 7.83. The summed E-state index contributed by atoms with van der Waals surface area (Å²) in [5, 5.41) is 12.6. The van der Waals surface area contributed by atoms with Crippen molar-refractivity contribution in [2.45, 2.75) is 65.5 Å². The molecule has 3 rings (SSSR count). The van der Waals surface area contributed by atoms with Crippen LogP contribution in [0.2, 0.25) is 0 Å². The summed E-state index contributed by atoms with van der Waals surface area (Å²) in [7, 11) is 3.68. The third-order valence-corrected chi connectivity index (χ3v) is 6.90. The number of Topliss-reactive ketones (excluding diaryl/α,β-unsaturated/α-hetero) is 1. The van der Waals surface area contributed by atoms with Crippen molar-refractivity contribution in [3.8, 4) is 23.1 Å². The Hall–Kier alpha value is -4.00. The maximum atomic E-state index is 13.4. The molecule has 230 valence electrons. The lowest BCUT2D eigenvalue weighted by molar-refractivity contribution is -0.121. The molecule has 9 heteroatoms. The van der Waals surface area contributed by atoms with Crippen LogP contribution in [0.15, 0.2) is 48.7 Å². The highest BCUT2D eigenvalue weighted by molar-refractivity contribution is 5.96. The minimum atomic E-state index is -0.141. The molecular formula is C34H46N6O3. The van der Waals surface area contributed by atoms with Crippen LogP contribution < -0.4 is 15.8 Å². The molecule has 0 aliphatic carbocycles. The molecule has 3 N–H and O–H groups in total. The SMILES string of the molecule is CC(C)Oc1ccc(C(=O)C[C@H](CNC(=O)CN(C)C)Cc2ccc(-c3cn(CCN)c(C(C)(C)C)n3)cc2)cc1C#N. The molecule has 1 atom stereocenters. The van der Waals surface area contributed by atoms with Crippen LogP contribution in [0.1, 0.15) is 68.3 Å². The number of rotatable bonds is 14. The Labute approximate surface area is 256 Å². The van der Waals surface area contributed by atoms with Gasteiger partial charge in [-0.25, -0.2) is 4.98 Å². The van der Waals surface area contributed by atoms with Crippen LogP contribution in [0.4, 0.5) is 0 Å². The normalized spacial score (nSPS) is 12.3. The molecule has 0 unspecified atom stereocenters. The van der Waals surface area contributed by atoms with Gasteiger partial charge in [0.05, 0.1) is 23.9 Å². The molecule has 1 amide bonds. The summed E-state index contributed by atoms with van der Waals surface area (Å²) in [5.74, 6) is 1.13. The average Bonchev–Trinajstić information content (AvgIpc) is 3.36. The maximum Gasteiger partial charge on any atom is 0.234 e. The van der Waals surface area contributed by atoms with Gasteiger partial charge in [-0.15, -0.1) is 0 Å². The zero-order chi connectivity index (χ0) is 31.7. The highest BCUT2D eigenvalue weighted by Gasteiger charge is 2.23. The van der Waals surface area contributed by atoms with Gasteiger partial charge in [0.2, 0.25) is 5.91 Å². The Morgan fingerprint density at radius 3 is 2.42 bits per heavy atom. The number of carbonyl (C=O) groups is 2. The molecule has 0 fully saturated rings. The number of nitriles is 1. The number of aromatic nitrogens is 2. The van der Waals surface area contributed by atoms with E-state index in [0.717, 1.165) is 22.6 Å². The van der Waals surface area contributed by atoms with Crippen molar-refractivity contribution in [1.29, 1.82) is 5.26 Å². The number of nitrogens with zero attached hydrogens (tertiary/aromatic N) is 4. The van der Waals surface area contributed by atoms with Gasteiger partial charge in [-0.05, 0) is 64.0 Å². The zero-order valence-electron chi connectivity index (χ0n) is 26.6. The van der Waals surface area contributed by atoms with Crippen molar-refractivity contribution in [2.24, 2.45) is 11.7 Å². The molecule has 43 heavy (non-hydrogen) atoms. The second-order valence-corrected chi connectivity index (χ2v) is 12.6. The topological polar surface area (TPSA) is 126 Å². The Morgan fingerprint density at radius 2 is 1.84 bits per heavy atom. The minimum Gasteiger partial charge on any atom is -0.490 e. The first-order valence-electron chi connectivity index (χ1n) is 14.8. The predicted molar refractivity (Wildman–Crippen MR) is 170 cm³/mol. The van der Waals surface area contributed by atoms with Crippen molar-refractivity contribution in [3.63, 3.8) is 0 Å². The van der Waals surface area contributed by atoms with Gasteiger partial charge in [-0.3, -0.25) is 9.59 Å². The van der Waals surface area contributed by atoms with E-state index in [4.69, 9.17) is 15.5 Å². The largest absolute Gasteiger partial charge is 0.490 e. The van der Waals surface area contributed by atoms with Gasteiger partial charge in [0, 0.05) is 48.8 Å². The number of carbonyl (C=O) groups excluding carboxylic acids is 2. The van der Waals surface area contributed by atoms with Crippen molar-refractivity contribution in [1.82, 2.24) is 19.8 Å². The van der Waals surface area contributed by atoms with Gasteiger partial charge in [-0.1, -0.05) is 45.0 Å². The van der Waals surface area contributed by atoms with Crippen molar-refractivity contribution in [3.05, 3.63) is 71.2 Å². The maximum absolute atomic E-state index is 13.4. The van der Waals surface area contributed by atoms with E-state index in [-0.39, 0.29) is 42.1 Å². The Kier molecular flexibility index (Phi) is 11.6. The third kappa shape index (κ3) is 9.77. The fourth-order valence-corrected chi connectivity index (χ4v) is 4.95. The molecular weight excluding hydrogens is 540 g/mol. The van der Waals surface area contributed by atoms with E-state index >= 15 is 0 Å². The number of likely N-dealkylation sites (N-methyl/N-ethyl adjacent to an activating group) is 1. The smallest absolute Gasteiger partial charge is 0.234 e. The quantitative estimate of drug-likeness (QED) is 0.265. The summed E-state index contributed by atoms with van der Waals surface area (Å²) in [6, 6.07) is 15.3. The van der Waals surface area contributed by atoms with E-state index < -0.39 is 0 Å². The van der Waals surface area contributed by atoms with E-state index in [2.05, 4.69) is 55.1 Å². The number of hydrogen-bond donors (Lipinski definition) is 2. The van der Waals surface area contributed by atoms with Crippen LogP contribution in [0.3, 0.4) is 0 Å². The molecule has 3 aromatic rings. The Balaban J connectivity index is 1.81. The summed E-state index contributed by atoms with van der Waals surface area (Å²) in [6.45, 7) is 12.1. The third-order valence-electron chi connectivity index (χ3n) is 6.90. The predicted octanol–water partition coefficient (Wildman–Crippen LogP) is 4.57. The fourth-order valence-electron chi connectivity index (χ4n) is 4.95. The second-order valence-electron chi connectivity index (χ2n) is 12.6. The molecule has 0 spiro atoms. The minimum absolute atomic E-state index is 0.0858. The number of nitrogens with one attached hydrogen (secondary N) is 1. The first-order valence-corrected chi connectivity index (χ1v) is 14.8. The van der Waals surface area contributed by atoms with Crippen LogP contribution in [-0.2, 0) is 23.2 Å². The van der Waals surface area contributed by atoms with Crippen molar-refractivity contribution < 1.29 is 14.3 Å². The molecule has 0 aliphatic heterocycles. The first-order chi connectivity index (χ1) is 20.3. The number of benzene rings is 2. The molecule has 1 aromatic heterocycles. The van der Waals surface area contributed by atoms with Crippen LogP contribution in [0.5, 0.6) is 5.75 Å². The molecule has 0 bridgehead atoms. The Morgan fingerprint density at radius 1 is 1.14 bits per heavy atom. The van der Waals surface area contributed by atoms with E-state index in [0.29, 0.717) is 42.9 Å². The highest BCUT2D eigenvalue weighted by atomic mass is 16.5. The summed E-state index contributed by atoms with van der Waals surface area (Å²) >= 11 is 0. The molecule has 0 aliphatic rings. The monoisotopic (exact) mass is 586 g/mol. The summed E-state index contributed by atoms with van der Waals surface area (Å²) in [6.07, 6.45) is 2.79. The van der Waals surface area contributed by atoms with Crippen LogP contribution in [-0.4, -0.2) is 66.0 Å². The lowest BCUT2D eigenvalue weighted by Crippen LogP contribution is -2.37. The van der Waals surface area contributed by atoms with Crippen molar-refractivity contribution in [2.75, 3.05) is 33.7 Å². The standard InChI is InChI=1S/C34H46N6O3/c1-23(2)43-31-13-12-27(18-28(31)19-36)30(41)17-25(20-37-32(42)22-39(6)7)16-24-8-10-26(11-9-24)29-21-40(15-14-35)33(38-29)34(3,4)5/h8-13,18,21,23,25H,14-17,20,22,35H2,1-7H3,(H,37,42)/t25-/m1/s1. The number of hydrogen-bond acceptors (Lipinski definition) is 7. The highest BCUT2D eigenvalue weighted by Crippen LogP contribution is 2.28. The molecule has 0 saturated heterocycles.